The lowest BCUT2D eigenvalue weighted by molar-refractivity contribution is -0.395. The predicted octanol–water partition coefficient (Wildman–Crippen LogP) is 3.04. The number of benzene rings is 5. The highest BCUT2D eigenvalue weighted by atomic mass is 16.7. The van der Waals surface area contributed by atoms with E-state index in [9.17, 15) is 44.7 Å². The lowest BCUT2D eigenvalue weighted by Gasteiger charge is -2.63. The van der Waals surface area contributed by atoms with Crippen LogP contribution < -0.4 is 0 Å². The molecule has 0 aliphatic carbocycles. The van der Waals surface area contributed by atoms with Crippen LogP contribution in [0, 0.1) is 0 Å². The Morgan fingerprint density at radius 1 is 0.385 bits per heavy atom. The molecule has 262 valence electrons. The number of aliphatic hydroxyl groups is 5. The summed E-state index contributed by atoms with van der Waals surface area (Å²) in [6, 6.07) is 32.2. The lowest BCUT2D eigenvalue weighted by atomic mass is 9.51. The minimum atomic E-state index is -4.41. The van der Waals surface area contributed by atoms with Gasteiger partial charge in [-0.2, -0.15) is 0 Å². The molecule has 5 N–H and O–H groups in total. The summed E-state index contributed by atoms with van der Waals surface area (Å²) in [5.41, 5.74) is -19.0. The topological polar surface area (TPSA) is 196 Å². The average molecular weight is 701 g/mol. The van der Waals surface area contributed by atoms with E-state index in [4.69, 9.17) is 4.74 Å². The molecule has 1 aliphatic rings. The molecule has 0 bridgehead atoms. The average Bonchev–Trinajstić information content (AvgIpc) is 3.21. The third-order valence-corrected chi connectivity index (χ3v) is 9.51. The molecule has 0 amide bonds. The van der Waals surface area contributed by atoms with Crippen molar-refractivity contribution in [1.29, 1.82) is 0 Å². The van der Waals surface area contributed by atoms with Crippen LogP contribution in [0.1, 0.15) is 51.8 Å². The number of rotatable bonds is 11. The number of ether oxygens (including phenoxy) is 1. The third-order valence-electron chi connectivity index (χ3n) is 9.51. The molecule has 5 atom stereocenters. The van der Waals surface area contributed by atoms with E-state index >= 15 is 4.79 Å². The van der Waals surface area contributed by atoms with Gasteiger partial charge in [0.05, 0.1) is 6.61 Å². The Morgan fingerprint density at radius 2 is 0.654 bits per heavy atom. The van der Waals surface area contributed by atoms with Gasteiger partial charge in [0, 0.05) is 27.8 Å². The number of hydrogen-bond acceptors (Lipinski definition) is 11. The van der Waals surface area contributed by atoms with Crippen molar-refractivity contribution in [3.05, 3.63) is 179 Å². The summed E-state index contributed by atoms with van der Waals surface area (Å²) in [4.78, 5) is 74.5. The van der Waals surface area contributed by atoms with E-state index in [1.165, 1.54) is 103 Å². The molecule has 1 saturated heterocycles. The lowest BCUT2D eigenvalue weighted by Crippen LogP contribution is -2.95. The first-order valence-corrected chi connectivity index (χ1v) is 16.0. The molecule has 11 heteroatoms. The van der Waals surface area contributed by atoms with Gasteiger partial charge >= 0.3 is 0 Å². The Bertz CT molecular complexity index is 2140. The summed E-state index contributed by atoms with van der Waals surface area (Å²) >= 11 is 0. The largest absolute Gasteiger partial charge is 0.393 e. The van der Waals surface area contributed by atoms with Gasteiger partial charge in [-0.3, -0.25) is 24.0 Å². The number of Topliss-reactive ketones (excluding diaryl/α,β-unsaturated/α-hetero) is 5. The molecule has 1 heterocycles. The summed E-state index contributed by atoms with van der Waals surface area (Å²) in [7, 11) is 0. The van der Waals surface area contributed by atoms with Gasteiger partial charge in [-0.25, -0.2) is 0 Å². The van der Waals surface area contributed by atoms with Gasteiger partial charge in [0.25, 0.3) is 5.79 Å². The number of hydrogen-bond donors (Lipinski definition) is 5. The molecule has 5 aromatic carbocycles. The van der Waals surface area contributed by atoms with Gasteiger partial charge in [0.1, 0.15) is 0 Å². The number of carbonyl (C=O) groups is 5. The Hall–Kier alpha value is -5.79. The summed E-state index contributed by atoms with van der Waals surface area (Å²) in [5, 5.41) is 63.8. The predicted molar refractivity (Wildman–Crippen MR) is 185 cm³/mol. The van der Waals surface area contributed by atoms with E-state index in [2.05, 4.69) is 0 Å². The molecular formula is C41H32O11. The van der Waals surface area contributed by atoms with Gasteiger partial charge in [0.15, 0.2) is 5.60 Å². The Balaban J connectivity index is 1.84. The molecule has 0 saturated carbocycles. The molecule has 0 unspecified atom stereocenters. The van der Waals surface area contributed by atoms with Gasteiger partial charge in [-0.15, -0.1) is 0 Å². The molecule has 0 spiro atoms. The first kappa shape index (κ1) is 36.0. The second-order valence-corrected chi connectivity index (χ2v) is 12.3. The summed E-state index contributed by atoms with van der Waals surface area (Å²) in [6.45, 7) is -1.79. The van der Waals surface area contributed by atoms with Gasteiger partial charge < -0.3 is 30.3 Å². The zero-order valence-corrected chi connectivity index (χ0v) is 27.3. The molecule has 11 nitrogen and oxygen atoms in total. The Morgan fingerprint density at radius 3 is 0.981 bits per heavy atom. The molecule has 0 aromatic heterocycles. The number of aliphatic hydroxyl groups excluding tert-OH is 1. The quantitative estimate of drug-likeness (QED) is 0.127. The zero-order chi connectivity index (χ0) is 37.4. The van der Waals surface area contributed by atoms with E-state index in [0.717, 1.165) is 48.5 Å². The second-order valence-electron chi connectivity index (χ2n) is 12.3. The van der Waals surface area contributed by atoms with Gasteiger partial charge in [0.2, 0.25) is 45.7 Å². The van der Waals surface area contributed by atoms with Crippen LogP contribution in [0.4, 0.5) is 0 Å². The van der Waals surface area contributed by atoms with Crippen LogP contribution >= 0.6 is 0 Å². The Kier molecular flexibility index (Phi) is 9.28. The highest BCUT2D eigenvalue weighted by Gasteiger charge is 2.90. The van der Waals surface area contributed by atoms with Crippen molar-refractivity contribution < 1.29 is 54.2 Å². The second kappa shape index (κ2) is 13.4. The maximum absolute atomic E-state index is 15.1. The molecule has 0 radical (unpaired) electrons. The highest BCUT2D eigenvalue weighted by Crippen LogP contribution is 2.58. The zero-order valence-electron chi connectivity index (χ0n) is 27.3. The van der Waals surface area contributed by atoms with E-state index in [1.54, 1.807) is 0 Å². The van der Waals surface area contributed by atoms with E-state index in [0.29, 0.717) is 0 Å². The molecule has 1 fully saturated rings. The monoisotopic (exact) mass is 700 g/mol. The van der Waals surface area contributed by atoms with Crippen molar-refractivity contribution in [2.45, 2.75) is 28.2 Å². The van der Waals surface area contributed by atoms with Crippen LogP contribution in [-0.2, 0) is 4.74 Å². The Labute approximate surface area is 297 Å². The SMILES string of the molecule is O=C(c1ccccc1)[C@@]1(O)[C@@](O)(C(=O)c2ccccc2)[C@](O)(C(=O)c2ccccc2)O[C@@](CO)(C(=O)c2ccccc2)[C@]1(O)C(=O)c1ccccc1. The summed E-state index contributed by atoms with van der Waals surface area (Å²) in [6.07, 6.45) is 0. The van der Waals surface area contributed by atoms with Crippen LogP contribution in [0.3, 0.4) is 0 Å². The maximum atomic E-state index is 15.1. The molecule has 52 heavy (non-hydrogen) atoms. The molecule has 5 aromatic rings. The number of carbonyl (C=O) groups excluding carboxylic acids is 5. The standard InChI is InChI=1S/C41H32O11/c42-26-37(32(43)27-16-6-1-7-17-27)38(48,33(44)28-18-8-2-9-19-28)39(49,34(45)29-20-10-3-11-21-29)40(50,35(46)30-22-12-4-13-23-30)41(51,52-37)36(47)31-24-14-5-15-25-31/h1-25,42,48-51H,26H2/t37-,38+,39-,40-,41-/m0/s1. The van der Waals surface area contributed by atoms with Crippen molar-refractivity contribution in [2.24, 2.45) is 0 Å². The number of ketones is 5. The van der Waals surface area contributed by atoms with Crippen LogP contribution in [0.25, 0.3) is 0 Å². The summed E-state index contributed by atoms with van der Waals surface area (Å²) < 4.78 is 5.89. The maximum Gasteiger partial charge on any atom is 0.273 e. The van der Waals surface area contributed by atoms with Crippen LogP contribution in [0.15, 0.2) is 152 Å². The fourth-order valence-electron chi connectivity index (χ4n) is 6.84. The van der Waals surface area contributed by atoms with Crippen molar-refractivity contribution in [3.63, 3.8) is 0 Å². The van der Waals surface area contributed by atoms with E-state index in [1.807, 2.05) is 0 Å². The smallest absolute Gasteiger partial charge is 0.273 e. The normalized spacial score (nSPS) is 26.9. The van der Waals surface area contributed by atoms with Crippen molar-refractivity contribution in [3.8, 4) is 0 Å². The minimum Gasteiger partial charge on any atom is -0.393 e. The van der Waals surface area contributed by atoms with Crippen LogP contribution in [0.5, 0.6) is 0 Å². The van der Waals surface area contributed by atoms with Gasteiger partial charge in [-0.05, 0) is 0 Å². The molecular weight excluding hydrogens is 668 g/mol. The van der Waals surface area contributed by atoms with E-state index < -0.39 is 86.0 Å². The fourth-order valence-corrected chi connectivity index (χ4v) is 6.84. The summed E-state index contributed by atoms with van der Waals surface area (Å²) in [5.74, 6) is -12.6. The molecule has 6 rings (SSSR count). The van der Waals surface area contributed by atoms with Crippen molar-refractivity contribution >= 4 is 28.9 Å². The minimum absolute atomic E-state index is 0.389. The van der Waals surface area contributed by atoms with Crippen LogP contribution in [-0.4, -0.2) is 89.2 Å². The highest BCUT2D eigenvalue weighted by molar-refractivity contribution is 6.24. The van der Waals surface area contributed by atoms with Crippen molar-refractivity contribution in [1.82, 2.24) is 0 Å². The first-order valence-electron chi connectivity index (χ1n) is 16.0. The molecule has 1 aliphatic heterocycles. The third kappa shape index (κ3) is 4.94. The van der Waals surface area contributed by atoms with E-state index in [-0.39, 0.29) is 5.56 Å². The van der Waals surface area contributed by atoms with Crippen molar-refractivity contribution in [2.75, 3.05) is 6.61 Å². The van der Waals surface area contributed by atoms with Gasteiger partial charge in [-0.1, -0.05) is 152 Å². The fraction of sp³-hybridized carbons (Fsp3) is 0.146. The van der Waals surface area contributed by atoms with Crippen LogP contribution in [0.2, 0.25) is 0 Å². The first-order chi connectivity index (χ1) is 24.8.